The van der Waals surface area contributed by atoms with E-state index in [1.807, 2.05) is 0 Å². The number of anilines is 1. The number of nitrogens with one attached hydrogen (secondary N) is 1. The van der Waals surface area contributed by atoms with Crippen LogP contribution >= 0.6 is 34.3 Å². The predicted octanol–water partition coefficient (Wildman–Crippen LogP) is 3.87. The van der Waals surface area contributed by atoms with Gasteiger partial charge < -0.3 is 11.1 Å². The number of primary amides is 1. The van der Waals surface area contributed by atoms with E-state index in [4.69, 9.17) is 17.3 Å². The fraction of sp³-hybridized carbons (Fsp3) is 0.500. The van der Waals surface area contributed by atoms with Gasteiger partial charge >= 0.3 is 0 Å². The molecule has 1 aliphatic carbocycles. The Labute approximate surface area is 194 Å². The van der Waals surface area contributed by atoms with Crippen LogP contribution < -0.4 is 11.1 Å². The highest BCUT2D eigenvalue weighted by molar-refractivity contribution is 7.91. The molecule has 11 heteroatoms. The van der Waals surface area contributed by atoms with Crippen LogP contribution in [0.1, 0.15) is 52.9 Å². The molecule has 1 saturated heterocycles. The maximum atomic E-state index is 13.0. The van der Waals surface area contributed by atoms with E-state index >= 15 is 0 Å². The van der Waals surface area contributed by atoms with Gasteiger partial charge in [0.15, 0.2) is 0 Å². The molecule has 7 nitrogen and oxygen atoms in total. The van der Waals surface area contributed by atoms with Crippen LogP contribution in [0.15, 0.2) is 16.3 Å². The first kappa shape index (κ1) is 22.7. The van der Waals surface area contributed by atoms with Gasteiger partial charge in [-0.1, -0.05) is 18.0 Å². The SMILES string of the molecule is NC(=O)c1c(NC(=O)C2CCCN(S(=O)(=O)c3ccc(Cl)s3)C2)sc2c1CCCCC2. The number of carbonyl (C=O) groups is 2. The van der Waals surface area contributed by atoms with E-state index in [0.717, 1.165) is 53.9 Å². The first-order valence-electron chi connectivity index (χ1n) is 10.3. The number of nitrogens with zero attached hydrogens (tertiary/aromatic N) is 1. The molecule has 2 aliphatic rings. The van der Waals surface area contributed by atoms with Crippen molar-refractivity contribution in [3.8, 4) is 0 Å². The monoisotopic (exact) mass is 501 g/mol. The summed E-state index contributed by atoms with van der Waals surface area (Å²) in [5, 5.41) is 3.39. The van der Waals surface area contributed by atoms with Crippen LogP contribution in [0.2, 0.25) is 4.34 Å². The van der Waals surface area contributed by atoms with Gasteiger partial charge in [0.2, 0.25) is 5.91 Å². The van der Waals surface area contributed by atoms with E-state index in [-0.39, 0.29) is 16.7 Å². The first-order chi connectivity index (χ1) is 14.8. The maximum Gasteiger partial charge on any atom is 0.252 e. The molecule has 168 valence electrons. The lowest BCUT2D eigenvalue weighted by Crippen LogP contribution is -2.43. The van der Waals surface area contributed by atoms with Crippen LogP contribution in [0.25, 0.3) is 0 Å². The zero-order valence-corrected chi connectivity index (χ0v) is 20.1. The van der Waals surface area contributed by atoms with Crippen LogP contribution in [-0.4, -0.2) is 37.6 Å². The van der Waals surface area contributed by atoms with E-state index in [2.05, 4.69) is 5.32 Å². The number of nitrogens with two attached hydrogens (primary N) is 1. The van der Waals surface area contributed by atoms with Gasteiger partial charge in [0.1, 0.15) is 9.21 Å². The zero-order valence-electron chi connectivity index (χ0n) is 16.9. The van der Waals surface area contributed by atoms with E-state index in [1.54, 1.807) is 6.07 Å². The quantitative estimate of drug-likeness (QED) is 0.606. The lowest BCUT2D eigenvalue weighted by atomic mass is 9.98. The number of carbonyl (C=O) groups excluding carboxylic acids is 2. The van der Waals surface area contributed by atoms with Gasteiger partial charge in [-0.05, 0) is 56.2 Å². The van der Waals surface area contributed by atoms with Crippen molar-refractivity contribution in [2.24, 2.45) is 11.7 Å². The van der Waals surface area contributed by atoms with Gasteiger partial charge in [0, 0.05) is 18.0 Å². The smallest absolute Gasteiger partial charge is 0.252 e. The number of hydrogen-bond donors (Lipinski definition) is 2. The van der Waals surface area contributed by atoms with Crippen molar-refractivity contribution in [3.05, 3.63) is 32.5 Å². The number of fused-ring (bicyclic) bond motifs is 1. The first-order valence-corrected chi connectivity index (χ1v) is 13.7. The second kappa shape index (κ2) is 9.19. The second-order valence-corrected chi connectivity index (χ2v) is 12.9. The van der Waals surface area contributed by atoms with Crippen LogP contribution in [0.5, 0.6) is 0 Å². The molecule has 1 aliphatic heterocycles. The highest BCUT2D eigenvalue weighted by Crippen LogP contribution is 2.38. The Kier molecular flexibility index (Phi) is 6.73. The predicted molar refractivity (Wildman–Crippen MR) is 124 cm³/mol. The number of hydrogen-bond acceptors (Lipinski definition) is 6. The van der Waals surface area contributed by atoms with Crippen molar-refractivity contribution in [1.29, 1.82) is 0 Å². The minimum atomic E-state index is -3.69. The summed E-state index contributed by atoms with van der Waals surface area (Å²) in [4.78, 5) is 26.3. The third-order valence-electron chi connectivity index (χ3n) is 5.80. The van der Waals surface area contributed by atoms with E-state index in [0.29, 0.717) is 34.3 Å². The summed E-state index contributed by atoms with van der Waals surface area (Å²) >= 11 is 8.34. The standard InChI is InChI=1S/C20H24ClN3O4S3/c21-15-8-9-16(30-15)31(27,28)24-10-4-5-12(11-24)19(26)23-20-17(18(22)25)13-6-2-1-3-7-14(13)29-20/h8-9,12H,1-7,10-11H2,(H2,22,25)(H,23,26). The normalized spacial score (nSPS) is 20.1. The molecule has 0 spiro atoms. The molecule has 0 radical (unpaired) electrons. The third kappa shape index (κ3) is 4.68. The fourth-order valence-electron chi connectivity index (χ4n) is 4.24. The molecule has 2 amide bonds. The number of thiophene rings is 2. The molecule has 3 N–H and O–H groups in total. The molecule has 1 atom stereocenters. The van der Waals surface area contributed by atoms with Crippen molar-refractivity contribution in [1.82, 2.24) is 4.31 Å². The van der Waals surface area contributed by atoms with Crippen molar-refractivity contribution in [3.63, 3.8) is 0 Å². The lowest BCUT2D eigenvalue weighted by molar-refractivity contribution is -0.120. The number of piperidine rings is 1. The fourth-order valence-corrected chi connectivity index (χ4v) is 8.70. The molecule has 0 saturated carbocycles. The van der Waals surface area contributed by atoms with Crippen LogP contribution in [0.4, 0.5) is 5.00 Å². The molecule has 2 aromatic heterocycles. The van der Waals surface area contributed by atoms with Crippen LogP contribution in [0, 0.1) is 5.92 Å². The Hall–Kier alpha value is -1.46. The summed E-state index contributed by atoms with van der Waals surface area (Å²) in [7, 11) is -3.69. The summed E-state index contributed by atoms with van der Waals surface area (Å²) in [5.41, 5.74) is 7.04. The number of rotatable bonds is 5. The molecule has 0 aromatic carbocycles. The molecule has 2 aromatic rings. The topological polar surface area (TPSA) is 110 Å². The Bertz CT molecular complexity index is 1110. The van der Waals surface area contributed by atoms with Crippen molar-refractivity contribution in [2.45, 2.75) is 49.2 Å². The summed E-state index contributed by atoms with van der Waals surface area (Å²) in [5.74, 6) is -1.30. The van der Waals surface area contributed by atoms with Gasteiger partial charge in [0.05, 0.1) is 15.8 Å². The van der Waals surface area contributed by atoms with Crippen molar-refractivity contribution >= 4 is 61.1 Å². The summed E-state index contributed by atoms with van der Waals surface area (Å²) in [6.07, 6.45) is 6.01. The Morgan fingerprint density at radius 2 is 1.90 bits per heavy atom. The number of amides is 2. The largest absolute Gasteiger partial charge is 0.365 e. The highest BCUT2D eigenvalue weighted by Gasteiger charge is 2.35. The number of aryl methyl sites for hydroxylation is 1. The minimum absolute atomic E-state index is 0.0979. The molecule has 4 rings (SSSR count). The van der Waals surface area contributed by atoms with Gasteiger partial charge in [0.25, 0.3) is 15.9 Å². The summed E-state index contributed by atoms with van der Waals surface area (Å²) in [6, 6.07) is 3.04. The average molecular weight is 502 g/mol. The second-order valence-electron chi connectivity index (χ2n) is 7.88. The molecule has 31 heavy (non-hydrogen) atoms. The molecule has 0 bridgehead atoms. The van der Waals surface area contributed by atoms with Gasteiger partial charge in [-0.2, -0.15) is 4.31 Å². The van der Waals surface area contributed by atoms with Crippen LogP contribution in [-0.2, 0) is 27.7 Å². The third-order valence-corrected chi connectivity index (χ3v) is 10.6. The molecule has 1 unspecified atom stereocenters. The Morgan fingerprint density at radius 1 is 1.13 bits per heavy atom. The molecule has 3 heterocycles. The van der Waals surface area contributed by atoms with Crippen LogP contribution in [0.3, 0.4) is 0 Å². The number of sulfonamides is 1. The molecular formula is C20H24ClN3O4S3. The van der Waals surface area contributed by atoms with E-state index in [9.17, 15) is 18.0 Å². The van der Waals surface area contributed by atoms with E-state index in [1.165, 1.54) is 21.7 Å². The average Bonchev–Trinajstić information content (AvgIpc) is 3.25. The van der Waals surface area contributed by atoms with Gasteiger partial charge in [-0.3, -0.25) is 9.59 Å². The Balaban J connectivity index is 1.52. The summed E-state index contributed by atoms with van der Waals surface area (Å²) < 4.78 is 27.8. The van der Waals surface area contributed by atoms with Crippen molar-refractivity contribution < 1.29 is 18.0 Å². The number of halogens is 1. The zero-order chi connectivity index (χ0) is 22.2. The lowest BCUT2D eigenvalue weighted by Gasteiger charge is -2.30. The molecular weight excluding hydrogens is 478 g/mol. The molecule has 1 fully saturated rings. The minimum Gasteiger partial charge on any atom is -0.365 e. The Morgan fingerprint density at radius 3 is 2.61 bits per heavy atom. The maximum absolute atomic E-state index is 13.0. The highest BCUT2D eigenvalue weighted by atomic mass is 35.5. The van der Waals surface area contributed by atoms with Gasteiger partial charge in [-0.15, -0.1) is 22.7 Å². The van der Waals surface area contributed by atoms with Gasteiger partial charge in [-0.25, -0.2) is 8.42 Å². The van der Waals surface area contributed by atoms with Crippen molar-refractivity contribution in [2.75, 3.05) is 18.4 Å². The summed E-state index contributed by atoms with van der Waals surface area (Å²) in [6.45, 7) is 0.460. The van der Waals surface area contributed by atoms with E-state index < -0.39 is 21.8 Å².